The smallest absolute Gasteiger partial charge is 0.257 e. The number of halogens is 2. The predicted octanol–water partition coefficient (Wildman–Crippen LogP) is 4.48. The van der Waals surface area contributed by atoms with Gasteiger partial charge in [-0.15, -0.1) is 0 Å². The molecule has 2 aromatic rings. The second-order valence-corrected chi connectivity index (χ2v) is 7.06. The Morgan fingerprint density at radius 2 is 1.44 bits per heavy atom. The number of rotatable bonds is 6. The van der Waals surface area contributed by atoms with Crippen LogP contribution in [0.5, 0.6) is 0 Å². The Kier molecular flexibility index (Phi) is 6.66. The number of hydrogen-bond acceptors (Lipinski definition) is 2. The van der Waals surface area contributed by atoms with Crippen molar-refractivity contribution in [1.82, 2.24) is 5.32 Å². The van der Waals surface area contributed by atoms with Crippen LogP contribution in [0.1, 0.15) is 49.5 Å². The molecule has 6 heteroatoms. The number of nitrogens with one attached hydrogen (secondary N) is 2. The van der Waals surface area contributed by atoms with Crippen molar-refractivity contribution in [3.63, 3.8) is 0 Å². The molecular weight excluding hydrogens is 350 g/mol. The molecule has 0 aromatic heterocycles. The van der Waals surface area contributed by atoms with Gasteiger partial charge in [0.25, 0.3) is 5.91 Å². The van der Waals surface area contributed by atoms with Crippen molar-refractivity contribution in [2.75, 3.05) is 5.32 Å². The first-order valence-electron chi connectivity index (χ1n) is 8.86. The molecule has 2 rings (SSSR count). The molecule has 0 heterocycles. The number of anilines is 1. The van der Waals surface area contributed by atoms with Crippen molar-refractivity contribution in [3.8, 4) is 0 Å². The average Bonchev–Trinajstić information content (AvgIpc) is 2.59. The van der Waals surface area contributed by atoms with Gasteiger partial charge < -0.3 is 10.6 Å². The highest BCUT2D eigenvalue weighted by molar-refractivity contribution is 6.01. The largest absolute Gasteiger partial charge is 0.340 e. The molecule has 1 atom stereocenters. The molecule has 0 aliphatic rings. The summed E-state index contributed by atoms with van der Waals surface area (Å²) in [5.74, 6) is -3.27. The number of carbonyl (C=O) groups is 2. The Morgan fingerprint density at radius 1 is 0.889 bits per heavy atom. The molecule has 0 radical (unpaired) electrons. The lowest BCUT2D eigenvalue weighted by molar-refractivity contribution is -0.118. The summed E-state index contributed by atoms with van der Waals surface area (Å²) in [6, 6.07) is 9.62. The van der Waals surface area contributed by atoms with Gasteiger partial charge in [-0.1, -0.05) is 45.9 Å². The standard InChI is InChI=1S/C21H24F2N2O2/c1-12(2)14-8-10-15(11-9-14)24-21(27)19(13(3)4)25-20(26)18-16(22)6-5-7-17(18)23/h5-13,19H,1-4H3,(H,24,27)(H,25,26). The van der Waals surface area contributed by atoms with Crippen LogP contribution in [0.3, 0.4) is 0 Å². The van der Waals surface area contributed by atoms with Crippen molar-refractivity contribution >= 4 is 17.5 Å². The molecule has 2 amide bonds. The van der Waals surface area contributed by atoms with E-state index in [0.29, 0.717) is 11.6 Å². The van der Waals surface area contributed by atoms with Gasteiger partial charge in [0.05, 0.1) is 0 Å². The Bertz CT molecular complexity index is 797. The zero-order valence-electron chi connectivity index (χ0n) is 15.8. The third-order valence-electron chi connectivity index (χ3n) is 4.27. The van der Waals surface area contributed by atoms with Crippen LogP contribution in [0.15, 0.2) is 42.5 Å². The second-order valence-electron chi connectivity index (χ2n) is 7.06. The van der Waals surface area contributed by atoms with Gasteiger partial charge in [0.2, 0.25) is 5.91 Å². The van der Waals surface area contributed by atoms with Crippen molar-refractivity contribution < 1.29 is 18.4 Å². The first-order chi connectivity index (χ1) is 12.7. The fourth-order valence-electron chi connectivity index (χ4n) is 2.63. The van der Waals surface area contributed by atoms with Crippen molar-refractivity contribution in [2.45, 2.75) is 39.7 Å². The summed E-state index contributed by atoms with van der Waals surface area (Å²) in [6.45, 7) is 7.62. The third-order valence-corrected chi connectivity index (χ3v) is 4.27. The molecule has 0 saturated heterocycles. The number of carbonyl (C=O) groups excluding carboxylic acids is 2. The minimum atomic E-state index is -0.973. The first kappa shape index (κ1) is 20.6. The Morgan fingerprint density at radius 3 is 1.93 bits per heavy atom. The van der Waals surface area contributed by atoms with Gasteiger partial charge in [0.1, 0.15) is 23.2 Å². The van der Waals surface area contributed by atoms with E-state index in [9.17, 15) is 18.4 Å². The summed E-state index contributed by atoms with van der Waals surface area (Å²) in [6.07, 6.45) is 0. The van der Waals surface area contributed by atoms with Crippen LogP contribution in [0.2, 0.25) is 0 Å². The third kappa shape index (κ3) is 5.12. The van der Waals surface area contributed by atoms with Gasteiger partial charge in [0, 0.05) is 5.69 Å². The van der Waals surface area contributed by atoms with E-state index in [1.165, 1.54) is 6.07 Å². The zero-order valence-corrected chi connectivity index (χ0v) is 15.8. The van der Waals surface area contributed by atoms with Gasteiger partial charge in [-0.3, -0.25) is 9.59 Å². The van der Waals surface area contributed by atoms with Gasteiger partial charge in [-0.05, 0) is 41.7 Å². The molecule has 4 nitrogen and oxygen atoms in total. The maximum absolute atomic E-state index is 13.8. The van der Waals surface area contributed by atoms with Crippen LogP contribution in [0.25, 0.3) is 0 Å². The van der Waals surface area contributed by atoms with Crippen LogP contribution in [-0.4, -0.2) is 17.9 Å². The lowest BCUT2D eigenvalue weighted by Crippen LogP contribution is -2.47. The average molecular weight is 374 g/mol. The van der Waals surface area contributed by atoms with Gasteiger partial charge in [-0.2, -0.15) is 0 Å². The number of hydrogen-bond donors (Lipinski definition) is 2. The summed E-state index contributed by atoms with van der Waals surface area (Å²) in [4.78, 5) is 24.9. The molecule has 0 aliphatic heterocycles. The van der Waals surface area contributed by atoms with Crippen molar-refractivity contribution in [1.29, 1.82) is 0 Å². The minimum Gasteiger partial charge on any atom is -0.340 e. The van der Waals surface area contributed by atoms with Crippen LogP contribution >= 0.6 is 0 Å². The normalized spacial score (nSPS) is 12.1. The van der Waals surface area contributed by atoms with Gasteiger partial charge in [0.15, 0.2) is 0 Å². The van der Waals surface area contributed by atoms with Crippen molar-refractivity contribution in [3.05, 3.63) is 65.2 Å². The lowest BCUT2D eigenvalue weighted by atomic mass is 10.0. The fourth-order valence-corrected chi connectivity index (χ4v) is 2.63. The Labute approximate surface area is 158 Å². The summed E-state index contributed by atoms with van der Waals surface area (Å²) >= 11 is 0. The maximum Gasteiger partial charge on any atom is 0.257 e. The minimum absolute atomic E-state index is 0.279. The second kappa shape index (κ2) is 8.75. The van der Waals surface area contributed by atoms with Crippen LogP contribution in [-0.2, 0) is 4.79 Å². The van der Waals surface area contributed by atoms with E-state index in [1.807, 2.05) is 12.1 Å². The summed E-state index contributed by atoms with van der Waals surface area (Å²) in [5.41, 5.74) is 1.02. The van der Waals surface area contributed by atoms with Crippen molar-refractivity contribution in [2.24, 2.45) is 5.92 Å². The highest BCUT2D eigenvalue weighted by Crippen LogP contribution is 2.18. The van der Waals surface area contributed by atoms with Gasteiger partial charge >= 0.3 is 0 Å². The summed E-state index contributed by atoms with van der Waals surface area (Å²) < 4.78 is 27.6. The zero-order chi connectivity index (χ0) is 20.1. The Hall–Kier alpha value is -2.76. The Balaban J connectivity index is 2.14. The van der Waals surface area contributed by atoms with E-state index in [1.54, 1.807) is 26.0 Å². The maximum atomic E-state index is 13.8. The number of benzene rings is 2. The van der Waals surface area contributed by atoms with Crippen LogP contribution < -0.4 is 10.6 Å². The fraction of sp³-hybridized carbons (Fsp3) is 0.333. The summed E-state index contributed by atoms with van der Waals surface area (Å²) in [5, 5.41) is 5.17. The molecule has 144 valence electrons. The molecule has 0 aliphatic carbocycles. The number of amides is 2. The molecule has 0 bridgehead atoms. The molecule has 27 heavy (non-hydrogen) atoms. The summed E-state index contributed by atoms with van der Waals surface area (Å²) in [7, 11) is 0. The van der Waals surface area contributed by atoms with E-state index in [0.717, 1.165) is 17.7 Å². The predicted molar refractivity (Wildman–Crippen MR) is 102 cm³/mol. The molecule has 0 fully saturated rings. The van der Waals surface area contributed by atoms with Gasteiger partial charge in [-0.25, -0.2) is 8.78 Å². The highest BCUT2D eigenvalue weighted by Gasteiger charge is 2.27. The topological polar surface area (TPSA) is 58.2 Å². The highest BCUT2D eigenvalue weighted by atomic mass is 19.1. The molecule has 0 spiro atoms. The van der Waals surface area contributed by atoms with E-state index < -0.39 is 35.1 Å². The van der Waals surface area contributed by atoms with E-state index >= 15 is 0 Å². The molecule has 1 unspecified atom stereocenters. The molecular formula is C21H24F2N2O2. The monoisotopic (exact) mass is 374 g/mol. The quantitative estimate of drug-likeness (QED) is 0.783. The van der Waals surface area contributed by atoms with Crippen LogP contribution in [0, 0.1) is 17.6 Å². The first-order valence-corrected chi connectivity index (χ1v) is 8.86. The lowest BCUT2D eigenvalue weighted by Gasteiger charge is -2.22. The van der Waals surface area contributed by atoms with E-state index in [-0.39, 0.29) is 5.92 Å². The van der Waals surface area contributed by atoms with E-state index in [2.05, 4.69) is 24.5 Å². The molecule has 2 aromatic carbocycles. The van der Waals surface area contributed by atoms with Crippen LogP contribution in [0.4, 0.5) is 14.5 Å². The molecule has 0 saturated carbocycles. The SMILES string of the molecule is CC(C)c1ccc(NC(=O)C(NC(=O)c2c(F)cccc2F)C(C)C)cc1. The van der Waals surface area contributed by atoms with E-state index in [4.69, 9.17) is 0 Å². The molecule has 2 N–H and O–H groups in total.